The monoisotopic (exact) mass is 600 g/mol. The number of nitrogens with one attached hydrogen (secondary N) is 1. The molecule has 5 rings (SSSR count). The van der Waals surface area contributed by atoms with Crippen molar-refractivity contribution in [1.82, 2.24) is 14.9 Å². The van der Waals surface area contributed by atoms with E-state index in [-0.39, 0.29) is 23.1 Å². The van der Waals surface area contributed by atoms with Gasteiger partial charge in [-0.05, 0) is 64.7 Å². The smallest absolute Gasteiger partial charge is 0.407 e. The summed E-state index contributed by atoms with van der Waals surface area (Å²) in [5.41, 5.74) is 0.799. The highest BCUT2D eigenvalue weighted by Crippen LogP contribution is 2.43. The van der Waals surface area contributed by atoms with Gasteiger partial charge in [0.15, 0.2) is 17.3 Å². The molecule has 36 heavy (non-hydrogen) atoms. The predicted octanol–water partition coefficient (Wildman–Crippen LogP) is 6.37. The molecular weight excluding hydrogens is 578 g/mol. The zero-order valence-electron chi connectivity index (χ0n) is 19.2. The van der Waals surface area contributed by atoms with E-state index in [1.807, 2.05) is 0 Å². The lowest BCUT2D eigenvalue weighted by atomic mass is 10.0. The van der Waals surface area contributed by atoms with Crippen LogP contribution in [0.5, 0.6) is 11.5 Å². The second-order valence-electron chi connectivity index (χ2n) is 8.95. The van der Waals surface area contributed by atoms with Crippen LogP contribution in [0.2, 0.25) is 5.02 Å². The number of carbonyl (C=O) groups is 1. The number of fused-ring (bicyclic) bond motifs is 2. The highest BCUT2D eigenvalue weighted by Gasteiger charge is 2.42. The zero-order chi connectivity index (χ0) is 24.7. The van der Waals surface area contributed by atoms with E-state index in [9.17, 15) is 14.3 Å². The Hall–Kier alpha value is -2.56. The Morgan fingerprint density at radius 3 is 2.64 bits per heavy atom. The van der Waals surface area contributed by atoms with Gasteiger partial charge in [0.25, 0.3) is 0 Å². The normalized spacial score (nSPS) is 20.7. The fourth-order valence-electron chi connectivity index (χ4n) is 5.11. The number of halogens is 4. The number of nitrogens with zero attached hydrogens (tertiary/aromatic N) is 3. The first-order chi connectivity index (χ1) is 16.8. The van der Waals surface area contributed by atoms with Crippen LogP contribution in [0.15, 0.2) is 35.1 Å². The van der Waals surface area contributed by atoms with Gasteiger partial charge in [-0.1, -0.05) is 11.6 Å². The lowest BCUT2D eigenvalue weighted by Gasteiger charge is -2.18. The number of ether oxygens (including phenoxy) is 2. The van der Waals surface area contributed by atoms with Gasteiger partial charge in [-0.25, -0.2) is 19.2 Å². The van der Waals surface area contributed by atoms with E-state index in [0.717, 1.165) is 12.8 Å². The summed E-state index contributed by atoms with van der Waals surface area (Å²) in [5.74, 6) is 2.04. The first-order valence-corrected chi connectivity index (χ1v) is 12.3. The largest absolute Gasteiger partial charge is 0.493 e. The number of benzene rings is 2. The number of hydrogen-bond acceptors (Lipinski definition) is 6. The molecular formula is C24H24BrCl2FN4O4. The number of likely N-dealkylation sites (tertiary alicyclic amines) is 1. The molecule has 1 aromatic heterocycles. The van der Waals surface area contributed by atoms with Crippen molar-refractivity contribution >= 4 is 68.4 Å². The van der Waals surface area contributed by atoms with Crippen molar-refractivity contribution in [3.05, 3.63) is 45.9 Å². The van der Waals surface area contributed by atoms with Crippen molar-refractivity contribution in [3.63, 3.8) is 0 Å². The molecule has 3 aromatic rings. The zero-order valence-corrected chi connectivity index (χ0v) is 22.4. The van der Waals surface area contributed by atoms with Crippen LogP contribution in [0.25, 0.3) is 10.9 Å². The molecule has 1 saturated heterocycles. The van der Waals surface area contributed by atoms with Crippen LogP contribution in [0.4, 0.5) is 20.7 Å². The molecule has 2 fully saturated rings. The van der Waals surface area contributed by atoms with Crippen LogP contribution in [0.3, 0.4) is 0 Å². The van der Waals surface area contributed by atoms with E-state index in [1.165, 1.54) is 11.2 Å². The minimum Gasteiger partial charge on any atom is -0.493 e. The predicted molar refractivity (Wildman–Crippen MR) is 141 cm³/mol. The summed E-state index contributed by atoms with van der Waals surface area (Å²) in [6.07, 6.45) is 2.45. The van der Waals surface area contributed by atoms with E-state index in [4.69, 9.17) is 21.1 Å². The third-order valence-corrected chi connectivity index (χ3v) is 8.06. The van der Waals surface area contributed by atoms with E-state index >= 15 is 0 Å². The number of hydrogen-bond donors (Lipinski definition) is 2. The molecule has 2 N–H and O–H groups in total. The lowest BCUT2D eigenvalue weighted by Crippen LogP contribution is -2.28. The van der Waals surface area contributed by atoms with Gasteiger partial charge in [-0.2, -0.15) is 0 Å². The van der Waals surface area contributed by atoms with Crippen molar-refractivity contribution in [2.24, 2.45) is 17.8 Å². The molecule has 12 heteroatoms. The van der Waals surface area contributed by atoms with Gasteiger partial charge in [0.05, 0.1) is 29.9 Å². The molecule has 0 radical (unpaired) electrons. The van der Waals surface area contributed by atoms with Gasteiger partial charge in [-0.15, -0.1) is 12.4 Å². The third-order valence-electron chi connectivity index (χ3n) is 6.80. The summed E-state index contributed by atoms with van der Waals surface area (Å²) >= 11 is 9.23. The molecule has 2 aliphatic rings. The molecule has 192 valence electrons. The van der Waals surface area contributed by atoms with Crippen LogP contribution < -0.4 is 14.8 Å². The molecule has 0 unspecified atom stereocenters. The summed E-state index contributed by atoms with van der Waals surface area (Å²) in [6.45, 7) is 1.72. The number of amides is 1. The van der Waals surface area contributed by atoms with Crippen LogP contribution in [-0.4, -0.2) is 52.9 Å². The molecule has 1 saturated carbocycles. The second-order valence-corrected chi connectivity index (χ2v) is 10.2. The van der Waals surface area contributed by atoms with Crippen LogP contribution in [-0.2, 0) is 0 Å². The molecule has 0 spiro atoms. The summed E-state index contributed by atoms with van der Waals surface area (Å²) in [5, 5.41) is 12.8. The van der Waals surface area contributed by atoms with Crippen molar-refractivity contribution in [2.75, 3.05) is 32.1 Å². The Labute approximate surface area is 226 Å². The van der Waals surface area contributed by atoms with Crippen LogP contribution in [0, 0.1) is 23.6 Å². The highest BCUT2D eigenvalue weighted by atomic mass is 79.9. The van der Waals surface area contributed by atoms with E-state index in [0.29, 0.717) is 70.1 Å². The van der Waals surface area contributed by atoms with Gasteiger partial charge in [0, 0.05) is 29.0 Å². The van der Waals surface area contributed by atoms with Crippen LogP contribution in [0.1, 0.15) is 12.8 Å². The minimum absolute atomic E-state index is 0. The minimum atomic E-state index is -0.838. The Bertz CT molecular complexity index is 1290. The highest BCUT2D eigenvalue weighted by molar-refractivity contribution is 9.10. The summed E-state index contributed by atoms with van der Waals surface area (Å²) in [6, 6.07) is 6.77. The lowest BCUT2D eigenvalue weighted by molar-refractivity contribution is 0.149. The maximum Gasteiger partial charge on any atom is 0.407 e. The standard InChI is InChI=1S/C24H23BrClFN4O4.ClH/c1-34-19-6-15-18(28-11-29-23(15)30-17-3-2-16(25)21(26)22(17)27)7-20(19)35-10-12-4-13-8-31(24(32)33)9-14(13)5-12;/h2-3,6-7,11-14H,4-5,8-10H2,1H3,(H,32,33)(H,28,29,30);1H/t12-,13-,14+;. The Morgan fingerprint density at radius 1 is 1.25 bits per heavy atom. The third kappa shape index (κ3) is 5.12. The molecule has 2 heterocycles. The molecule has 1 amide bonds. The van der Waals surface area contributed by atoms with E-state index < -0.39 is 11.9 Å². The molecule has 0 bridgehead atoms. The van der Waals surface area contributed by atoms with E-state index in [1.54, 1.807) is 31.4 Å². The van der Waals surface area contributed by atoms with Crippen molar-refractivity contribution in [2.45, 2.75) is 12.8 Å². The van der Waals surface area contributed by atoms with Gasteiger partial charge in [0.2, 0.25) is 0 Å². The van der Waals surface area contributed by atoms with Gasteiger partial charge in [0.1, 0.15) is 12.1 Å². The number of rotatable bonds is 6. The SMILES string of the molecule is COc1cc2c(Nc3ccc(Br)c(Cl)c3F)ncnc2cc1OC[C@@H]1C[C@@H]2CN(C(=O)O)C[C@@H]2C1.Cl. The first kappa shape index (κ1) is 26.5. The Balaban J connectivity index is 0.00000304. The fraction of sp³-hybridized carbons (Fsp3) is 0.375. The van der Waals surface area contributed by atoms with Crippen LogP contribution >= 0.6 is 39.9 Å². The molecule has 3 atom stereocenters. The Morgan fingerprint density at radius 2 is 1.97 bits per heavy atom. The number of aromatic nitrogens is 2. The molecule has 1 aliphatic carbocycles. The quantitative estimate of drug-likeness (QED) is 0.317. The average molecular weight is 602 g/mol. The van der Waals surface area contributed by atoms with Gasteiger partial charge >= 0.3 is 6.09 Å². The summed E-state index contributed by atoms with van der Waals surface area (Å²) in [7, 11) is 1.56. The summed E-state index contributed by atoms with van der Waals surface area (Å²) < 4.78 is 26.8. The number of methoxy groups -OCH3 is 1. The van der Waals surface area contributed by atoms with Crippen molar-refractivity contribution < 1.29 is 23.8 Å². The van der Waals surface area contributed by atoms with Crippen molar-refractivity contribution in [1.29, 1.82) is 0 Å². The molecule has 1 aliphatic heterocycles. The summed E-state index contributed by atoms with van der Waals surface area (Å²) in [4.78, 5) is 21.4. The second kappa shape index (κ2) is 10.8. The molecule has 8 nitrogen and oxygen atoms in total. The molecule has 2 aromatic carbocycles. The van der Waals surface area contributed by atoms with E-state index in [2.05, 4.69) is 31.2 Å². The topological polar surface area (TPSA) is 96.8 Å². The first-order valence-electron chi connectivity index (χ1n) is 11.2. The number of anilines is 2. The van der Waals surface area contributed by atoms with Gasteiger partial charge in [-0.3, -0.25) is 0 Å². The Kier molecular flexibility index (Phi) is 7.96. The fourth-order valence-corrected chi connectivity index (χ4v) is 5.58. The van der Waals surface area contributed by atoms with Crippen molar-refractivity contribution in [3.8, 4) is 11.5 Å². The maximum absolute atomic E-state index is 14.6. The van der Waals surface area contributed by atoms with Gasteiger partial charge < -0.3 is 24.8 Å². The average Bonchev–Trinajstić information content (AvgIpc) is 3.42. The number of carboxylic acid groups (broad SMARTS) is 1. The maximum atomic E-state index is 14.6.